The minimum Gasteiger partial charge on any atom is -0.451 e. The molecule has 10 heteroatoms. The van der Waals surface area contributed by atoms with Gasteiger partial charge in [0.25, 0.3) is 11.8 Å². The van der Waals surface area contributed by atoms with Crippen LogP contribution in [0.3, 0.4) is 0 Å². The molecule has 0 heterocycles. The van der Waals surface area contributed by atoms with E-state index in [4.69, 9.17) is 33.7 Å². The Balaban J connectivity index is 2.62. The Bertz CT molecular complexity index is 694. The van der Waals surface area contributed by atoms with Gasteiger partial charge in [-0.05, 0) is 24.1 Å². The molecule has 0 radical (unpaired) electrons. The first-order valence-corrected chi connectivity index (χ1v) is 7.90. The first-order valence-electron chi connectivity index (χ1n) is 7.14. The van der Waals surface area contributed by atoms with E-state index in [0.29, 0.717) is 0 Å². The van der Waals surface area contributed by atoms with Crippen LogP contribution in [-0.2, 0) is 14.3 Å². The summed E-state index contributed by atoms with van der Waals surface area (Å²) in [5.41, 5.74) is 5.06. The number of amides is 4. The van der Waals surface area contributed by atoms with Crippen LogP contribution < -0.4 is 16.4 Å². The number of benzene rings is 1. The maximum atomic E-state index is 12.0. The molecule has 136 valence electrons. The highest BCUT2D eigenvalue weighted by Crippen LogP contribution is 2.22. The number of nitrogens with two attached hydrogens (primary N) is 1. The Morgan fingerprint density at radius 2 is 1.80 bits per heavy atom. The number of carbonyl (C=O) groups is 4. The van der Waals surface area contributed by atoms with Crippen molar-refractivity contribution in [3.63, 3.8) is 0 Å². The summed E-state index contributed by atoms with van der Waals surface area (Å²) in [5.74, 6) is -2.68. The van der Waals surface area contributed by atoms with Crippen molar-refractivity contribution < 1.29 is 23.9 Å². The lowest BCUT2D eigenvalue weighted by Crippen LogP contribution is -2.46. The van der Waals surface area contributed by atoms with E-state index >= 15 is 0 Å². The molecule has 4 amide bonds. The van der Waals surface area contributed by atoms with Crippen molar-refractivity contribution in [1.82, 2.24) is 10.6 Å². The number of ether oxygens (including phenoxy) is 1. The molecule has 1 aromatic carbocycles. The van der Waals surface area contributed by atoms with Crippen LogP contribution in [0.15, 0.2) is 18.2 Å². The third-order valence-corrected chi connectivity index (χ3v) is 3.68. The summed E-state index contributed by atoms with van der Waals surface area (Å²) in [6, 6.07) is 3.17. The molecule has 0 aromatic heterocycles. The highest BCUT2D eigenvalue weighted by Gasteiger charge is 2.27. The van der Waals surface area contributed by atoms with E-state index in [2.05, 4.69) is 5.32 Å². The maximum absolute atomic E-state index is 12.0. The second kappa shape index (κ2) is 9.24. The van der Waals surface area contributed by atoms with Crippen molar-refractivity contribution in [2.75, 3.05) is 6.54 Å². The van der Waals surface area contributed by atoms with Gasteiger partial charge in [-0.15, -0.1) is 0 Å². The Labute approximate surface area is 154 Å². The van der Waals surface area contributed by atoms with Gasteiger partial charge < -0.3 is 15.8 Å². The molecule has 0 unspecified atom stereocenters. The van der Waals surface area contributed by atoms with Crippen molar-refractivity contribution >= 4 is 47.0 Å². The number of nitrogens with one attached hydrogen (secondary N) is 2. The lowest BCUT2D eigenvalue weighted by Gasteiger charge is -2.19. The molecule has 0 spiro atoms. The molecule has 0 saturated carbocycles. The number of hydrogen-bond acceptors (Lipinski definition) is 5. The lowest BCUT2D eigenvalue weighted by atomic mass is 10.1. The van der Waals surface area contributed by atoms with E-state index in [0.717, 1.165) is 0 Å². The van der Waals surface area contributed by atoms with E-state index in [1.807, 2.05) is 5.32 Å². The number of imide groups is 1. The molecule has 0 saturated heterocycles. The summed E-state index contributed by atoms with van der Waals surface area (Å²) in [4.78, 5) is 46.2. The van der Waals surface area contributed by atoms with Crippen LogP contribution >= 0.6 is 23.2 Å². The first-order chi connectivity index (χ1) is 11.6. The van der Waals surface area contributed by atoms with Gasteiger partial charge in [0.2, 0.25) is 0 Å². The van der Waals surface area contributed by atoms with E-state index < -0.39 is 42.4 Å². The smallest absolute Gasteiger partial charge is 0.326 e. The standard InChI is InChI=1S/C15H17Cl2N3O5/c1-7(2)12(14(23)20-15(18)24)25-11(21)6-19-13(22)8-3-4-9(16)10(17)5-8/h3-5,7,12H,6H2,1-2H3,(H,19,22)(H3,18,20,23,24)/t12-/m0/s1. The van der Waals surface area contributed by atoms with Gasteiger partial charge in [0.05, 0.1) is 10.0 Å². The highest BCUT2D eigenvalue weighted by molar-refractivity contribution is 6.42. The highest BCUT2D eigenvalue weighted by atomic mass is 35.5. The van der Waals surface area contributed by atoms with Crippen LogP contribution in [0.2, 0.25) is 10.0 Å². The summed E-state index contributed by atoms with van der Waals surface area (Å²) >= 11 is 11.6. The molecule has 4 N–H and O–H groups in total. The van der Waals surface area contributed by atoms with E-state index in [1.165, 1.54) is 18.2 Å². The first kappa shape index (κ1) is 20.7. The van der Waals surface area contributed by atoms with Crippen LogP contribution in [0.1, 0.15) is 24.2 Å². The van der Waals surface area contributed by atoms with Crippen molar-refractivity contribution in [1.29, 1.82) is 0 Å². The fraction of sp³-hybridized carbons (Fsp3) is 0.333. The molecular formula is C15H17Cl2N3O5. The molecule has 0 fully saturated rings. The van der Waals surface area contributed by atoms with Crippen molar-refractivity contribution in [3.8, 4) is 0 Å². The second-order valence-corrected chi connectivity index (χ2v) is 6.13. The number of esters is 1. The number of rotatable bonds is 6. The zero-order chi connectivity index (χ0) is 19.1. The lowest BCUT2D eigenvalue weighted by molar-refractivity contribution is -0.157. The maximum Gasteiger partial charge on any atom is 0.326 e. The molecule has 0 aliphatic rings. The quantitative estimate of drug-likeness (QED) is 0.634. The molecule has 0 aliphatic heterocycles. The minimum atomic E-state index is -1.22. The largest absolute Gasteiger partial charge is 0.451 e. The molecule has 8 nitrogen and oxygen atoms in total. The van der Waals surface area contributed by atoms with Gasteiger partial charge in [0, 0.05) is 5.56 Å². The van der Waals surface area contributed by atoms with Crippen LogP contribution in [-0.4, -0.2) is 36.5 Å². The van der Waals surface area contributed by atoms with Crippen LogP contribution in [0, 0.1) is 5.92 Å². The summed E-state index contributed by atoms with van der Waals surface area (Å²) in [6.45, 7) is 2.76. The van der Waals surface area contributed by atoms with Crippen LogP contribution in [0.25, 0.3) is 0 Å². The Kier molecular flexibility index (Phi) is 7.66. The van der Waals surface area contributed by atoms with E-state index in [9.17, 15) is 19.2 Å². The third-order valence-electron chi connectivity index (χ3n) is 2.94. The summed E-state index contributed by atoms with van der Waals surface area (Å²) < 4.78 is 4.98. The minimum absolute atomic E-state index is 0.194. The van der Waals surface area contributed by atoms with E-state index in [-0.39, 0.29) is 15.6 Å². The average molecular weight is 390 g/mol. The zero-order valence-electron chi connectivity index (χ0n) is 13.5. The molecular weight excluding hydrogens is 373 g/mol. The number of urea groups is 1. The number of hydrogen-bond donors (Lipinski definition) is 3. The molecule has 1 aromatic rings. The second-order valence-electron chi connectivity index (χ2n) is 5.32. The SMILES string of the molecule is CC(C)[C@H](OC(=O)CNC(=O)c1ccc(Cl)c(Cl)c1)C(=O)NC(N)=O. The van der Waals surface area contributed by atoms with Crippen molar-refractivity contribution in [2.24, 2.45) is 11.7 Å². The molecule has 0 bridgehead atoms. The third kappa shape index (κ3) is 6.60. The number of carbonyl (C=O) groups excluding carboxylic acids is 4. The number of primary amides is 1. The topological polar surface area (TPSA) is 128 Å². The molecule has 1 rings (SSSR count). The van der Waals surface area contributed by atoms with Gasteiger partial charge in [0.15, 0.2) is 6.10 Å². The van der Waals surface area contributed by atoms with Crippen LogP contribution in [0.4, 0.5) is 4.79 Å². The predicted molar refractivity (Wildman–Crippen MR) is 91.2 cm³/mol. The average Bonchev–Trinajstić information content (AvgIpc) is 2.51. The van der Waals surface area contributed by atoms with Crippen molar-refractivity contribution in [3.05, 3.63) is 33.8 Å². The normalized spacial score (nSPS) is 11.6. The summed E-state index contributed by atoms with van der Waals surface area (Å²) in [6.07, 6.45) is -1.22. The Morgan fingerprint density at radius 3 is 2.32 bits per heavy atom. The fourth-order valence-electron chi connectivity index (χ4n) is 1.76. The Morgan fingerprint density at radius 1 is 1.16 bits per heavy atom. The van der Waals surface area contributed by atoms with E-state index in [1.54, 1.807) is 13.8 Å². The van der Waals surface area contributed by atoms with Crippen molar-refractivity contribution in [2.45, 2.75) is 20.0 Å². The van der Waals surface area contributed by atoms with Gasteiger partial charge in [-0.3, -0.25) is 19.7 Å². The molecule has 1 atom stereocenters. The van der Waals surface area contributed by atoms with Crippen LogP contribution in [0.5, 0.6) is 0 Å². The van der Waals surface area contributed by atoms with Gasteiger partial charge >= 0.3 is 12.0 Å². The monoisotopic (exact) mass is 389 g/mol. The van der Waals surface area contributed by atoms with Gasteiger partial charge in [0.1, 0.15) is 6.54 Å². The molecule has 25 heavy (non-hydrogen) atoms. The predicted octanol–water partition coefficient (Wildman–Crippen LogP) is 1.49. The Hall–Kier alpha value is -2.32. The number of halogens is 2. The molecule has 0 aliphatic carbocycles. The summed E-state index contributed by atoms with van der Waals surface area (Å²) in [7, 11) is 0. The van der Waals surface area contributed by atoms with Gasteiger partial charge in [-0.2, -0.15) is 0 Å². The zero-order valence-corrected chi connectivity index (χ0v) is 15.0. The van der Waals surface area contributed by atoms with Gasteiger partial charge in [-0.1, -0.05) is 37.0 Å². The summed E-state index contributed by atoms with van der Waals surface area (Å²) in [5, 5.41) is 4.65. The fourth-order valence-corrected chi connectivity index (χ4v) is 2.06. The van der Waals surface area contributed by atoms with Gasteiger partial charge in [-0.25, -0.2) is 4.79 Å².